The number of ketones is 1. The van der Waals surface area contributed by atoms with Crippen LogP contribution in [0.1, 0.15) is 27.8 Å². The Bertz CT molecular complexity index is 936. The van der Waals surface area contributed by atoms with Crippen molar-refractivity contribution >= 4 is 34.9 Å². The number of benzene rings is 1. The van der Waals surface area contributed by atoms with Crippen LogP contribution in [0, 0.1) is 0 Å². The third kappa shape index (κ3) is 3.36. The summed E-state index contributed by atoms with van der Waals surface area (Å²) in [5, 5.41) is 7.35. The lowest BCUT2D eigenvalue weighted by molar-refractivity contribution is 0.0982. The highest BCUT2D eigenvalue weighted by Gasteiger charge is 2.25. The number of hydrogen-bond acceptors (Lipinski definition) is 5. The monoisotopic (exact) mass is 355 g/mol. The van der Waals surface area contributed by atoms with E-state index in [1.54, 1.807) is 48.7 Å². The molecule has 3 aromatic rings. The van der Waals surface area contributed by atoms with Gasteiger partial charge < -0.3 is 11.1 Å². The van der Waals surface area contributed by atoms with Crippen molar-refractivity contribution in [3.63, 3.8) is 0 Å². The van der Waals surface area contributed by atoms with Gasteiger partial charge in [-0.25, -0.2) is 9.67 Å². The molecule has 2 heterocycles. The Hall–Kier alpha value is -3.19. The molecule has 1 aromatic carbocycles. The van der Waals surface area contributed by atoms with Crippen LogP contribution >= 0.6 is 11.6 Å². The van der Waals surface area contributed by atoms with E-state index in [1.165, 1.54) is 11.6 Å². The molecule has 0 aliphatic carbocycles. The molecule has 0 radical (unpaired) electrons. The zero-order chi connectivity index (χ0) is 18.0. The lowest BCUT2D eigenvalue weighted by Crippen LogP contribution is -2.17. The number of hydrogen-bond donors (Lipinski definition) is 2. The molecule has 126 valence electrons. The van der Waals surface area contributed by atoms with Gasteiger partial charge in [-0.05, 0) is 36.4 Å². The molecule has 0 spiro atoms. The van der Waals surface area contributed by atoms with Crippen LogP contribution in [0.25, 0.3) is 5.69 Å². The molecule has 1 amide bonds. The van der Waals surface area contributed by atoms with E-state index in [0.717, 1.165) is 0 Å². The quantitative estimate of drug-likeness (QED) is 0.700. The molecule has 3 N–H and O–H groups in total. The number of nitrogens with zero attached hydrogens (tertiary/aromatic N) is 3. The van der Waals surface area contributed by atoms with E-state index in [1.807, 2.05) is 0 Å². The summed E-state index contributed by atoms with van der Waals surface area (Å²) in [6.07, 6.45) is 1.54. The number of nitrogen functional groups attached to an aromatic ring is 1. The number of rotatable bonds is 4. The van der Waals surface area contributed by atoms with E-state index in [2.05, 4.69) is 15.4 Å². The molecular formula is C17H14ClN5O2. The summed E-state index contributed by atoms with van der Waals surface area (Å²) < 4.78 is 1.33. The summed E-state index contributed by atoms with van der Waals surface area (Å²) in [4.78, 5) is 28.6. The third-order valence-electron chi connectivity index (χ3n) is 3.46. The number of Topliss-reactive ketones (excluding diaryl/α,β-unsaturated/α-hetero) is 1. The summed E-state index contributed by atoms with van der Waals surface area (Å²) in [6.45, 7) is 1.32. The molecule has 3 rings (SSSR count). The average molecular weight is 356 g/mol. The van der Waals surface area contributed by atoms with Crippen molar-refractivity contribution in [1.82, 2.24) is 14.8 Å². The van der Waals surface area contributed by atoms with Crippen LogP contribution in [0.5, 0.6) is 0 Å². The Morgan fingerprint density at radius 2 is 1.88 bits per heavy atom. The molecule has 0 aliphatic heterocycles. The molecule has 0 aliphatic rings. The fourth-order valence-electron chi connectivity index (χ4n) is 2.30. The van der Waals surface area contributed by atoms with Gasteiger partial charge in [0.1, 0.15) is 22.9 Å². The molecule has 0 unspecified atom stereocenters. The van der Waals surface area contributed by atoms with Crippen molar-refractivity contribution in [3.8, 4) is 5.69 Å². The lowest BCUT2D eigenvalue weighted by Gasteiger charge is -2.06. The third-order valence-corrected chi connectivity index (χ3v) is 3.71. The normalized spacial score (nSPS) is 10.5. The molecule has 0 saturated carbocycles. The van der Waals surface area contributed by atoms with Crippen LogP contribution in [-0.2, 0) is 0 Å². The first-order chi connectivity index (χ1) is 12.0. The zero-order valence-electron chi connectivity index (χ0n) is 13.2. The van der Waals surface area contributed by atoms with Gasteiger partial charge >= 0.3 is 0 Å². The van der Waals surface area contributed by atoms with Crippen LogP contribution in [0.4, 0.5) is 11.6 Å². The largest absolute Gasteiger partial charge is 0.383 e. The SMILES string of the molecule is CC(=O)c1nn(-c2ccc(Cl)cc2)c(N)c1C(=O)Nc1ccccn1. The fraction of sp³-hybridized carbons (Fsp3) is 0.0588. The van der Waals surface area contributed by atoms with E-state index in [0.29, 0.717) is 16.5 Å². The van der Waals surface area contributed by atoms with E-state index >= 15 is 0 Å². The summed E-state index contributed by atoms with van der Waals surface area (Å²) in [7, 11) is 0. The van der Waals surface area contributed by atoms with Crippen LogP contribution in [-0.4, -0.2) is 26.5 Å². The maximum Gasteiger partial charge on any atom is 0.262 e. The van der Waals surface area contributed by atoms with Gasteiger partial charge in [0, 0.05) is 18.1 Å². The van der Waals surface area contributed by atoms with Gasteiger partial charge in [0.25, 0.3) is 5.91 Å². The van der Waals surface area contributed by atoms with Crippen LogP contribution in [0.2, 0.25) is 5.02 Å². The molecule has 7 nitrogen and oxygen atoms in total. The van der Waals surface area contributed by atoms with Crippen molar-refractivity contribution < 1.29 is 9.59 Å². The van der Waals surface area contributed by atoms with Gasteiger partial charge in [0.05, 0.1) is 5.69 Å². The minimum absolute atomic E-state index is 0.00750. The van der Waals surface area contributed by atoms with Crippen molar-refractivity contribution in [2.75, 3.05) is 11.1 Å². The van der Waals surface area contributed by atoms with Crippen LogP contribution in [0.3, 0.4) is 0 Å². The Kier molecular flexibility index (Phi) is 4.49. The van der Waals surface area contributed by atoms with Gasteiger partial charge in [0.2, 0.25) is 0 Å². The number of nitrogens with two attached hydrogens (primary N) is 1. The highest BCUT2D eigenvalue weighted by atomic mass is 35.5. The molecule has 0 fully saturated rings. The van der Waals surface area contributed by atoms with Crippen molar-refractivity contribution in [2.45, 2.75) is 6.92 Å². The average Bonchev–Trinajstić information content (AvgIpc) is 2.94. The van der Waals surface area contributed by atoms with Crippen LogP contribution in [0.15, 0.2) is 48.7 Å². The minimum Gasteiger partial charge on any atom is -0.383 e. The highest BCUT2D eigenvalue weighted by molar-refractivity contribution is 6.30. The number of carbonyl (C=O) groups excluding carboxylic acids is 2. The second kappa shape index (κ2) is 6.74. The molecule has 0 saturated heterocycles. The van der Waals surface area contributed by atoms with Crippen molar-refractivity contribution in [3.05, 3.63) is 64.9 Å². The topological polar surface area (TPSA) is 103 Å². The summed E-state index contributed by atoms with van der Waals surface area (Å²) >= 11 is 5.88. The summed E-state index contributed by atoms with van der Waals surface area (Å²) in [6, 6.07) is 11.8. The molecule has 2 aromatic heterocycles. The van der Waals surface area contributed by atoms with E-state index in [4.69, 9.17) is 17.3 Å². The maximum atomic E-state index is 12.6. The standard InChI is InChI=1S/C17H14ClN5O2/c1-10(24)15-14(17(25)21-13-4-2-3-9-20-13)16(19)23(22-15)12-7-5-11(18)6-8-12/h2-9H,19H2,1H3,(H,20,21,25). The molecule has 0 bridgehead atoms. The highest BCUT2D eigenvalue weighted by Crippen LogP contribution is 2.23. The van der Waals surface area contributed by atoms with Gasteiger partial charge in [0.15, 0.2) is 5.78 Å². The predicted octanol–water partition coefficient (Wildman–Crippen LogP) is 2.96. The second-order valence-electron chi connectivity index (χ2n) is 5.22. The first-order valence-corrected chi connectivity index (χ1v) is 7.73. The number of pyridine rings is 1. The Morgan fingerprint density at radius 3 is 2.48 bits per heavy atom. The Balaban J connectivity index is 2.04. The Morgan fingerprint density at radius 1 is 1.16 bits per heavy atom. The van der Waals surface area contributed by atoms with Gasteiger partial charge in [-0.2, -0.15) is 5.10 Å². The fourth-order valence-corrected chi connectivity index (χ4v) is 2.42. The molecule has 0 atom stereocenters. The zero-order valence-corrected chi connectivity index (χ0v) is 14.0. The van der Waals surface area contributed by atoms with Crippen molar-refractivity contribution in [2.24, 2.45) is 0 Å². The smallest absolute Gasteiger partial charge is 0.262 e. The number of anilines is 2. The van der Waals surface area contributed by atoms with Crippen LogP contribution < -0.4 is 11.1 Å². The molecular weight excluding hydrogens is 342 g/mol. The second-order valence-corrected chi connectivity index (χ2v) is 5.66. The lowest BCUT2D eigenvalue weighted by atomic mass is 10.1. The van der Waals surface area contributed by atoms with Gasteiger partial charge in [-0.15, -0.1) is 0 Å². The van der Waals surface area contributed by atoms with Crippen molar-refractivity contribution in [1.29, 1.82) is 0 Å². The summed E-state index contributed by atoms with van der Waals surface area (Å²) in [5.41, 5.74) is 6.68. The number of aromatic nitrogens is 3. The Labute approximate surface area is 148 Å². The number of amides is 1. The first kappa shape index (κ1) is 16.7. The van der Waals surface area contributed by atoms with Gasteiger partial charge in [-0.3, -0.25) is 9.59 Å². The number of halogens is 1. The first-order valence-electron chi connectivity index (χ1n) is 7.35. The van der Waals surface area contributed by atoms with E-state index < -0.39 is 5.91 Å². The van der Waals surface area contributed by atoms with E-state index in [-0.39, 0.29) is 22.9 Å². The summed E-state index contributed by atoms with van der Waals surface area (Å²) in [5.74, 6) is -0.520. The molecule has 8 heteroatoms. The minimum atomic E-state index is -0.554. The maximum absolute atomic E-state index is 12.6. The number of nitrogens with one attached hydrogen (secondary N) is 1. The number of carbonyl (C=O) groups is 2. The van der Waals surface area contributed by atoms with E-state index in [9.17, 15) is 9.59 Å². The molecule has 25 heavy (non-hydrogen) atoms. The van der Waals surface area contributed by atoms with Gasteiger partial charge in [-0.1, -0.05) is 17.7 Å². The predicted molar refractivity (Wildman–Crippen MR) is 95.2 cm³/mol.